The fourth-order valence-electron chi connectivity index (χ4n) is 1.72. The van der Waals surface area contributed by atoms with Gasteiger partial charge in [-0.1, -0.05) is 30.8 Å². The van der Waals surface area contributed by atoms with E-state index in [4.69, 9.17) is 4.74 Å². The van der Waals surface area contributed by atoms with Crippen molar-refractivity contribution < 1.29 is 4.74 Å². The molecule has 1 N–H and O–H groups in total. The fourth-order valence-corrected chi connectivity index (χ4v) is 2.64. The maximum absolute atomic E-state index is 5.15. The maximum Gasteiger partial charge on any atom is 0.157 e. The maximum atomic E-state index is 5.15. The summed E-state index contributed by atoms with van der Waals surface area (Å²) in [6, 6.07) is 8.41. The van der Waals surface area contributed by atoms with Crippen LogP contribution < -0.4 is 10.1 Å². The number of rotatable bonds is 3. The number of hydrogen-bond donors (Lipinski definition) is 1. The van der Waals surface area contributed by atoms with Crippen molar-refractivity contribution in [1.29, 1.82) is 0 Å². The van der Waals surface area contributed by atoms with Crippen LogP contribution in [-0.4, -0.2) is 24.1 Å². The van der Waals surface area contributed by atoms with E-state index in [-0.39, 0.29) is 6.04 Å². The highest BCUT2D eigenvalue weighted by molar-refractivity contribution is 8.14. The van der Waals surface area contributed by atoms with Crippen LogP contribution in [0, 0.1) is 0 Å². The van der Waals surface area contributed by atoms with Crippen molar-refractivity contribution in [3.8, 4) is 5.75 Å². The van der Waals surface area contributed by atoms with E-state index in [1.807, 2.05) is 23.9 Å². The highest BCUT2D eigenvalue weighted by Gasteiger charge is 2.16. The summed E-state index contributed by atoms with van der Waals surface area (Å²) in [7, 11) is 1.68. The number of ether oxygens (including phenoxy) is 1. The van der Waals surface area contributed by atoms with Gasteiger partial charge in [0.15, 0.2) is 5.17 Å². The van der Waals surface area contributed by atoms with Gasteiger partial charge in [-0.15, -0.1) is 0 Å². The van der Waals surface area contributed by atoms with E-state index in [2.05, 4.69) is 36.3 Å². The quantitative estimate of drug-likeness (QED) is 0.895. The summed E-state index contributed by atoms with van der Waals surface area (Å²) >= 11 is 1.81. The lowest BCUT2D eigenvalue weighted by Gasteiger charge is -2.15. The molecule has 0 aliphatic carbocycles. The van der Waals surface area contributed by atoms with Crippen LogP contribution in [0.15, 0.2) is 29.3 Å². The van der Waals surface area contributed by atoms with E-state index < -0.39 is 0 Å². The molecule has 0 fully saturated rings. The zero-order valence-electron chi connectivity index (χ0n) is 10.4. The smallest absolute Gasteiger partial charge is 0.157 e. The minimum absolute atomic E-state index is 0.275. The molecule has 1 aliphatic rings. The van der Waals surface area contributed by atoms with Crippen LogP contribution in [0.3, 0.4) is 0 Å². The Balaban J connectivity index is 1.97. The molecule has 1 aromatic carbocycles. The second-order valence-electron chi connectivity index (χ2n) is 4.21. The number of amidine groups is 1. The van der Waals surface area contributed by atoms with Crippen molar-refractivity contribution in [2.75, 3.05) is 13.7 Å². The molecule has 0 amide bonds. The number of hydrogen-bond acceptors (Lipinski definition) is 4. The summed E-state index contributed by atoms with van der Waals surface area (Å²) in [6.07, 6.45) is 0. The Morgan fingerprint density at radius 3 is 2.65 bits per heavy atom. The number of nitrogens with zero attached hydrogens (tertiary/aromatic N) is 1. The van der Waals surface area contributed by atoms with Crippen molar-refractivity contribution in [1.82, 2.24) is 5.32 Å². The van der Waals surface area contributed by atoms with Crippen molar-refractivity contribution in [2.24, 2.45) is 4.99 Å². The predicted molar refractivity (Wildman–Crippen MR) is 73.9 cm³/mol. The third kappa shape index (κ3) is 3.16. The summed E-state index contributed by atoms with van der Waals surface area (Å²) in [5.41, 5.74) is 1.24. The third-order valence-corrected chi connectivity index (χ3v) is 3.78. The molecule has 1 aliphatic heterocycles. The van der Waals surface area contributed by atoms with Gasteiger partial charge in [-0.3, -0.25) is 4.99 Å². The zero-order valence-corrected chi connectivity index (χ0v) is 11.3. The number of aliphatic imine (C=N–C) groups is 1. The molecular formula is C13H18N2OS. The van der Waals surface area contributed by atoms with Gasteiger partial charge in [0.2, 0.25) is 0 Å². The van der Waals surface area contributed by atoms with Crippen LogP contribution in [0.1, 0.15) is 25.5 Å². The van der Waals surface area contributed by atoms with Gasteiger partial charge in [-0.2, -0.15) is 0 Å². The number of nitrogens with one attached hydrogen (secondary N) is 1. The van der Waals surface area contributed by atoms with E-state index in [1.54, 1.807) is 7.11 Å². The third-order valence-electron chi connectivity index (χ3n) is 2.76. The topological polar surface area (TPSA) is 33.6 Å². The first kappa shape index (κ1) is 12.3. The Morgan fingerprint density at radius 1 is 1.41 bits per heavy atom. The second kappa shape index (κ2) is 5.45. The molecule has 2 unspecified atom stereocenters. The van der Waals surface area contributed by atoms with Crippen LogP contribution in [0.25, 0.3) is 0 Å². The Hall–Kier alpha value is -1.16. The molecule has 92 valence electrons. The molecule has 0 aromatic heterocycles. The van der Waals surface area contributed by atoms with E-state index >= 15 is 0 Å². The molecule has 0 saturated heterocycles. The normalized spacial score (nSPS) is 20.9. The molecule has 0 bridgehead atoms. The first-order chi connectivity index (χ1) is 8.19. The van der Waals surface area contributed by atoms with E-state index in [1.165, 1.54) is 5.56 Å². The largest absolute Gasteiger partial charge is 0.497 e. The average molecular weight is 250 g/mol. The van der Waals surface area contributed by atoms with Crippen molar-refractivity contribution >= 4 is 16.9 Å². The molecule has 1 aromatic rings. The van der Waals surface area contributed by atoms with Gasteiger partial charge in [0.25, 0.3) is 0 Å². The first-order valence-electron chi connectivity index (χ1n) is 5.80. The van der Waals surface area contributed by atoms with Crippen LogP contribution in [0.2, 0.25) is 0 Å². The van der Waals surface area contributed by atoms with E-state index in [9.17, 15) is 0 Å². The van der Waals surface area contributed by atoms with Crippen molar-refractivity contribution in [3.63, 3.8) is 0 Å². The monoisotopic (exact) mass is 250 g/mol. The molecule has 0 spiro atoms. The Bertz CT molecular complexity index is 402. The summed E-state index contributed by atoms with van der Waals surface area (Å²) in [5.74, 6) is 0.891. The van der Waals surface area contributed by atoms with Gasteiger partial charge >= 0.3 is 0 Å². The molecule has 0 saturated carbocycles. The Kier molecular flexibility index (Phi) is 3.94. The SMILES string of the molecule is COc1ccc(C(C)NC2=NCC(C)S2)cc1. The van der Waals surface area contributed by atoms with Gasteiger partial charge in [0.05, 0.1) is 19.7 Å². The fraction of sp³-hybridized carbons (Fsp3) is 0.462. The Labute approximate surface area is 107 Å². The van der Waals surface area contributed by atoms with E-state index in [0.29, 0.717) is 5.25 Å². The lowest BCUT2D eigenvalue weighted by molar-refractivity contribution is 0.414. The average Bonchev–Trinajstić information content (AvgIpc) is 2.75. The number of benzene rings is 1. The lowest BCUT2D eigenvalue weighted by Crippen LogP contribution is -2.23. The van der Waals surface area contributed by atoms with Gasteiger partial charge in [-0.05, 0) is 24.6 Å². The van der Waals surface area contributed by atoms with Gasteiger partial charge < -0.3 is 10.1 Å². The van der Waals surface area contributed by atoms with Crippen molar-refractivity contribution in [2.45, 2.75) is 25.1 Å². The zero-order chi connectivity index (χ0) is 12.3. The minimum Gasteiger partial charge on any atom is -0.497 e. The highest BCUT2D eigenvalue weighted by atomic mass is 32.2. The molecule has 2 rings (SSSR count). The van der Waals surface area contributed by atoms with Crippen LogP contribution in [-0.2, 0) is 0 Å². The van der Waals surface area contributed by atoms with Crippen LogP contribution in [0.4, 0.5) is 0 Å². The van der Waals surface area contributed by atoms with Gasteiger partial charge in [0, 0.05) is 5.25 Å². The molecular weight excluding hydrogens is 232 g/mol. The van der Waals surface area contributed by atoms with Crippen LogP contribution >= 0.6 is 11.8 Å². The molecule has 2 atom stereocenters. The molecule has 0 radical (unpaired) electrons. The summed E-state index contributed by atoms with van der Waals surface area (Å²) < 4.78 is 5.15. The highest BCUT2D eigenvalue weighted by Crippen LogP contribution is 2.22. The molecule has 3 nitrogen and oxygen atoms in total. The minimum atomic E-state index is 0.275. The summed E-state index contributed by atoms with van der Waals surface area (Å²) in [4.78, 5) is 4.46. The Morgan fingerprint density at radius 2 is 2.12 bits per heavy atom. The van der Waals surface area contributed by atoms with Gasteiger partial charge in [0.1, 0.15) is 5.75 Å². The predicted octanol–water partition coefficient (Wildman–Crippen LogP) is 2.84. The van der Waals surface area contributed by atoms with Crippen LogP contribution in [0.5, 0.6) is 5.75 Å². The summed E-state index contributed by atoms with van der Waals surface area (Å²) in [6.45, 7) is 5.26. The molecule has 1 heterocycles. The standard InChI is InChI=1S/C13H18N2OS/c1-9-8-14-13(17-9)15-10(2)11-4-6-12(16-3)7-5-11/h4-7,9-10H,8H2,1-3H3,(H,14,15). The van der Waals surface area contributed by atoms with Crippen molar-refractivity contribution in [3.05, 3.63) is 29.8 Å². The molecule has 17 heavy (non-hydrogen) atoms. The number of thioether (sulfide) groups is 1. The van der Waals surface area contributed by atoms with E-state index in [0.717, 1.165) is 17.5 Å². The molecule has 4 heteroatoms. The number of methoxy groups -OCH3 is 1. The first-order valence-corrected chi connectivity index (χ1v) is 6.68. The lowest BCUT2D eigenvalue weighted by atomic mass is 10.1. The summed E-state index contributed by atoms with van der Waals surface area (Å²) in [5, 5.41) is 5.09. The second-order valence-corrected chi connectivity index (χ2v) is 5.64. The van der Waals surface area contributed by atoms with Gasteiger partial charge in [-0.25, -0.2) is 0 Å².